The van der Waals surface area contributed by atoms with Crippen LogP contribution in [-0.2, 0) is 12.0 Å². The summed E-state index contributed by atoms with van der Waals surface area (Å²) in [6.07, 6.45) is 5.46. The number of fused-ring (bicyclic) bond motifs is 1. The second-order valence-electron chi connectivity index (χ2n) is 8.06. The molecule has 0 radical (unpaired) electrons. The second-order valence-corrected chi connectivity index (χ2v) is 8.06. The van der Waals surface area contributed by atoms with Crippen molar-refractivity contribution in [2.24, 2.45) is 5.41 Å². The molecule has 2 N–H and O–H groups in total. The van der Waals surface area contributed by atoms with Gasteiger partial charge in [-0.15, -0.1) is 0 Å². The molecule has 0 amide bonds. The summed E-state index contributed by atoms with van der Waals surface area (Å²) in [4.78, 5) is 0. The maximum atomic E-state index is 11.7. The Morgan fingerprint density at radius 3 is 2.62 bits per heavy atom. The van der Waals surface area contributed by atoms with E-state index < -0.39 is 5.60 Å². The van der Waals surface area contributed by atoms with Gasteiger partial charge in [0, 0.05) is 6.04 Å². The number of nitrogens with one attached hydrogen (secondary N) is 1. The van der Waals surface area contributed by atoms with Gasteiger partial charge in [0.15, 0.2) is 0 Å². The quantitative estimate of drug-likeness (QED) is 0.827. The monoisotopic (exact) mass is 287 g/mol. The van der Waals surface area contributed by atoms with Gasteiger partial charge in [0.05, 0.1) is 0 Å². The fourth-order valence-electron chi connectivity index (χ4n) is 4.77. The molecular formula is C19H29NO. The topological polar surface area (TPSA) is 32.3 Å². The van der Waals surface area contributed by atoms with E-state index in [0.29, 0.717) is 0 Å². The molecular weight excluding hydrogens is 258 g/mol. The molecule has 1 aliphatic carbocycles. The number of hydrogen-bond acceptors (Lipinski definition) is 2. The third-order valence-electron chi connectivity index (χ3n) is 5.30. The van der Waals surface area contributed by atoms with E-state index in [-0.39, 0.29) is 11.5 Å². The highest BCUT2D eigenvalue weighted by molar-refractivity contribution is 5.45. The summed E-state index contributed by atoms with van der Waals surface area (Å²) < 4.78 is 0. The van der Waals surface area contributed by atoms with E-state index >= 15 is 0 Å². The molecule has 0 bridgehead atoms. The van der Waals surface area contributed by atoms with Gasteiger partial charge in [0.1, 0.15) is 5.60 Å². The molecule has 1 aliphatic heterocycles. The van der Waals surface area contributed by atoms with Crippen LogP contribution in [0.15, 0.2) is 12.1 Å². The Bertz CT molecular complexity index is 543. The summed E-state index contributed by atoms with van der Waals surface area (Å²) in [7, 11) is 0. The summed E-state index contributed by atoms with van der Waals surface area (Å²) >= 11 is 0. The molecule has 1 aromatic carbocycles. The first-order valence-electron chi connectivity index (χ1n) is 8.38. The Kier molecular flexibility index (Phi) is 3.66. The number of aliphatic hydroxyl groups is 1. The second kappa shape index (κ2) is 5.10. The van der Waals surface area contributed by atoms with E-state index in [1.807, 2.05) is 0 Å². The molecule has 116 valence electrons. The van der Waals surface area contributed by atoms with E-state index in [9.17, 15) is 5.11 Å². The van der Waals surface area contributed by atoms with E-state index in [0.717, 1.165) is 25.8 Å². The van der Waals surface area contributed by atoms with Crippen LogP contribution in [0.3, 0.4) is 0 Å². The molecule has 3 rings (SSSR count). The minimum absolute atomic E-state index is 0.154. The van der Waals surface area contributed by atoms with Crippen molar-refractivity contribution in [3.63, 3.8) is 0 Å². The van der Waals surface area contributed by atoms with Crippen molar-refractivity contribution in [1.82, 2.24) is 5.32 Å². The maximum Gasteiger partial charge on any atom is 0.106 e. The minimum atomic E-state index is -0.713. The summed E-state index contributed by atoms with van der Waals surface area (Å²) in [5.74, 6) is 0. The molecule has 2 atom stereocenters. The van der Waals surface area contributed by atoms with Gasteiger partial charge in [-0.1, -0.05) is 38.0 Å². The molecule has 0 unspecified atom stereocenters. The molecule has 2 nitrogen and oxygen atoms in total. The molecule has 0 aromatic heterocycles. The highest BCUT2D eigenvalue weighted by atomic mass is 16.3. The fraction of sp³-hybridized carbons (Fsp3) is 0.684. The standard InChI is InChI=1S/C19H29NO/c1-13-9-14(2)17-15(10-13)11-18(3,4)12-19(17,21)16-7-5-6-8-20-16/h9-10,16,20-21H,5-8,11-12H2,1-4H3/t16-,19+/m1/s1. The Balaban J connectivity index is 2.12. The predicted octanol–water partition coefficient (Wildman–Crippen LogP) is 3.61. The lowest BCUT2D eigenvalue weighted by Crippen LogP contribution is -2.55. The molecule has 1 heterocycles. The van der Waals surface area contributed by atoms with Gasteiger partial charge in [0.2, 0.25) is 0 Å². The van der Waals surface area contributed by atoms with Crippen molar-refractivity contribution in [1.29, 1.82) is 0 Å². The van der Waals surface area contributed by atoms with Gasteiger partial charge in [-0.05, 0) is 68.2 Å². The molecule has 21 heavy (non-hydrogen) atoms. The SMILES string of the molecule is Cc1cc(C)c2c(c1)CC(C)(C)C[C@]2(O)[C@H]1CCCCN1. The van der Waals surface area contributed by atoms with Gasteiger partial charge >= 0.3 is 0 Å². The number of piperidine rings is 1. The number of aryl methyl sites for hydroxylation is 2. The van der Waals surface area contributed by atoms with Crippen LogP contribution in [0.5, 0.6) is 0 Å². The predicted molar refractivity (Wildman–Crippen MR) is 87.6 cm³/mol. The maximum absolute atomic E-state index is 11.7. The van der Waals surface area contributed by atoms with Crippen LogP contribution < -0.4 is 5.32 Å². The van der Waals surface area contributed by atoms with Gasteiger partial charge in [-0.25, -0.2) is 0 Å². The van der Waals surface area contributed by atoms with Crippen LogP contribution in [0, 0.1) is 19.3 Å². The van der Waals surface area contributed by atoms with Crippen LogP contribution in [0.25, 0.3) is 0 Å². The Labute approximate surface area is 129 Å². The van der Waals surface area contributed by atoms with Crippen LogP contribution in [0.2, 0.25) is 0 Å². The highest BCUT2D eigenvalue weighted by Crippen LogP contribution is 2.48. The van der Waals surface area contributed by atoms with Crippen LogP contribution in [0.4, 0.5) is 0 Å². The normalized spacial score (nSPS) is 31.8. The van der Waals surface area contributed by atoms with Crippen molar-refractivity contribution in [3.05, 3.63) is 34.4 Å². The lowest BCUT2D eigenvalue weighted by atomic mass is 9.62. The lowest BCUT2D eigenvalue weighted by molar-refractivity contribution is -0.0573. The Morgan fingerprint density at radius 2 is 1.95 bits per heavy atom. The molecule has 2 aliphatic rings. The molecule has 2 heteroatoms. The third kappa shape index (κ3) is 2.64. The van der Waals surface area contributed by atoms with Gasteiger partial charge in [0.25, 0.3) is 0 Å². The first-order valence-corrected chi connectivity index (χ1v) is 8.38. The Morgan fingerprint density at radius 1 is 1.19 bits per heavy atom. The summed E-state index contributed by atoms with van der Waals surface area (Å²) in [6, 6.07) is 4.72. The van der Waals surface area contributed by atoms with Crippen LogP contribution >= 0.6 is 0 Å². The fourth-order valence-corrected chi connectivity index (χ4v) is 4.77. The first kappa shape index (κ1) is 15.1. The highest BCUT2D eigenvalue weighted by Gasteiger charge is 2.48. The van der Waals surface area contributed by atoms with Crippen molar-refractivity contribution in [3.8, 4) is 0 Å². The van der Waals surface area contributed by atoms with Crippen molar-refractivity contribution < 1.29 is 5.11 Å². The largest absolute Gasteiger partial charge is 0.383 e. The average molecular weight is 287 g/mol. The third-order valence-corrected chi connectivity index (χ3v) is 5.30. The van der Waals surface area contributed by atoms with Crippen LogP contribution in [-0.4, -0.2) is 17.7 Å². The van der Waals surface area contributed by atoms with Gasteiger partial charge < -0.3 is 10.4 Å². The summed E-state index contributed by atoms with van der Waals surface area (Å²) in [5, 5.41) is 15.3. The van der Waals surface area contributed by atoms with Crippen molar-refractivity contribution in [2.45, 2.75) is 71.4 Å². The van der Waals surface area contributed by atoms with Gasteiger partial charge in [-0.3, -0.25) is 0 Å². The van der Waals surface area contributed by atoms with E-state index in [2.05, 4.69) is 45.1 Å². The molecule has 1 saturated heterocycles. The number of rotatable bonds is 1. The first-order chi connectivity index (χ1) is 9.82. The van der Waals surface area contributed by atoms with Crippen molar-refractivity contribution >= 4 is 0 Å². The summed E-state index contributed by atoms with van der Waals surface area (Å²) in [5.41, 5.74) is 4.58. The lowest BCUT2D eigenvalue weighted by Gasteiger charge is -2.49. The van der Waals surface area contributed by atoms with E-state index in [4.69, 9.17) is 0 Å². The number of benzene rings is 1. The van der Waals surface area contributed by atoms with E-state index in [1.54, 1.807) is 0 Å². The zero-order chi connectivity index (χ0) is 15.3. The van der Waals surface area contributed by atoms with Crippen LogP contribution in [0.1, 0.15) is 61.8 Å². The molecule has 0 spiro atoms. The Hall–Kier alpha value is -0.860. The zero-order valence-corrected chi connectivity index (χ0v) is 13.9. The van der Waals surface area contributed by atoms with Gasteiger partial charge in [-0.2, -0.15) is 0 Å². The molecule has 1 aromatic rings. The van der Waals surface area contributed by atoms with Crippen molar-refractivity contribution in [2.75, 3.05) is 6.54 Å². The number of hydrogen-bond donors (Lipinski definition) is 2. The molecule has 1 fully saturated rings. The average Bonchev–Trinajstić information content (AvgIpc) is 2.36. The zero-order valence-electron chi connectivity index (χ0n) is 13.9. The smallest absolute Gasteiger partial charge is 0.106 e. The van der Waals surface area contributed by atoms with E-state index in [1.165, 1.54) is 35.1 Å². The summed E-state index contributed by atoms with van der Waals surface area (Å²) in [6.45, 7) is 9.95. The minimum Gasteiger partial charge on any atom is -0.383 e. The molecule has 0 saturated carbocycles.